The number of fused-ring (bicyclic) bond motifs is 2. The van der Waals surface area contributed by atoms with E-state index >= 15 is 0 Å². The molecule has 3 aromatic rings. The predicted molar refractivity (Wildman–Crippen MR) is 90.8 cm³/mol. The average Bonchev–Trinajstić information content (AvgIpc) is 3.22. The number of nitrogens with zero attached hydrogens (tertiary/aromatic N) is 3. The molecule has 26 heavy (non-hydrogen) atoms. The Morgan fingerprint density at radius 2 is 2.12 bits per heavy atom. The number of carbonyl (C=O) groups is 1. The van der Waals surface area contributed by atoms with Crippen LogP contribution in [0.3, 0.4) is 0 Å². The van der Waals surface area contributed by atoms with Crippen molar-refractivity contribution < 1.29 is 19.0 Å². The van der Waals surface area contributed by atoms with Gasteiger partial charge in [0.2, 0.25) is 11.8 Å². The van der Waals surface area contributed by atoms with Crippen molar-refractivity contribution >= 4 is 22.3 Å². The van der Waals surface area contributed by atoms with Gasteiger partial charge < -0.3 is 14.2 Å². The molecule has 1 aromatic carbocycles. The number of ether oxygens (including phenoxy) is 3. The molecule has 3 heterocycles. The Morgan fingerprint density at radius 1 is 1.27 bits per heavy atom. The Hall–Kier alpha value is -2.94. The summed E-state index contributed by atoms with van der Waals surface area (Å²) < 4.78 is 17.1. The van der Waals surface area contributed by atoms with Crippen molar-refractivity contribution in [2.45, 2.75) is 25.4 Å². The molecule has 9 heteroatoms. The standard InChI is InChI=1S/C17H13N3O5S/c21-14-6-11(18-17-20(14)19-15(26-17)9-1-2-9)7-23-16(22)10-3-4-12-13(5-10)25-8-24-12/h3-6,9H,1-2,7-8H2. The van der Waals surface area contributed by atoms with Crippen LogP contribution in [0.2, 0.25) is 0 Å². The first-order valence-electron chi connectivity index (χ1n) is 8.14. The van der Waals surface area contributed by atoms with Crippen molar-refractivity contribution in [3.8, 4) is 11.5 Å². The molecule has 0 radical (unpaired) electrons. The van der Waals surface area contributed by atoms with E-state index in [1.165, 1.54) is 21.9 Å². The van der Waals surface area contributed by atoms with Gasteiger partial charge in [-0.2, -0.15) is 9.61 Å². The summed E-state index contributed by atoms with van der Waals surface area (Å²) >= 11 is 1.41. The van der Waals surface area contributed by atoms with Crippen molar-refractivity contribution in [2.24, 2.45) is 0 Å². The van der Waals surface area contributed by atoms with Crippen molar-refractivity contribution in [1.82, 2.24) is 14.6 Å². The molecule has 0 saturated heterocycles. The third-order valence-corrected chi connectivity index (χ3v) is 5.27. The van der Waals surface area contributed by atoms with Gasteiger partial charge in [0.1, 0.15) is 11.6 Å². The van der Waals surface area contributed by atoms with Gasteiger partial charge in [-0.1, -0.05) is 11.3 Å². The lowest BCUT2D eigenvalue weighted by atomic mass is 10.2. The Kier molecular flexibility index (Phi) is 3.42. The minimum Gasteiger partial charge on any atom is -0.456 e. The van der Waals surface area contributed by atoms with Crippen LogP contribution in [0, 0.1) is 0 Å². The second-order valence-electron chi connectivity index (χ2n) is 6.14. The van der Waals surface area contributed by atoms with Crippen LogP contribution in [0.15, 0.2) is 29.1 Å². The maximum atomic E-state index is 12.2. The van der Waals surface area contributed by atoms with Gasteiger partial charge in [-0.3, -0.25) is 4.79 Å². The molecule has 0 bridgehead atoms. The van der Waals surface area contributed by atoms with Gasteiger partial charge in [0.05, 0.1) is 11.3 Å². The van der Waals surface area contributed by atoms with E-state index in [4.69, 9.17) is 14.2 Å². The number of aromatic nitrogens is 3. The lowest BCUT2D eigenvalue weighted by Gasteiger charge is -2.05. The van der Waals surface area contributed by atoms with Gasteiger partial charge in [-0.15, -0.1) is 0 Å². The van der Waals surface area contributed by atoms with E-state index in [9.17, 15) is 9.59 Å². The lowest BCUT2D eigenvalue weighted by molar-refractivity contribution is 0.0467. The van der Waals surface area contributed by atoms with Crippen LogP contribution in [-0.4, -0.2) is 27.4 Å². The first kappa shape index (κ1) is 15.3. The summed E-state index contributed by atoms with van der Waals surface area (Å²) in [6.07, 6.45) is 2.21. The Labute approximate surface area is 151 Å². The monoisotopic (exact) mass is 371 g/mol. The molecular formula is C17H13N3O5S. The smallest absolute Gasteiger partial charge is 0.338 e. The topological polar surface area (TPSA) is 92.0 Å². The Bertz CT molecular complexity index is 1090. The number of hydrogen-bond donors (Lipinski definition) is 0. The van der Waals surface area contributed by atoms with Crippen LogP contribution < -0.4 is 15.0 Å². The Balaban J connectivity index is 1.34. The quantitative estimate of drug-likeness (QED) is 0.649. The molecule has 8 nitrogen and oxygen atoms in total. The van der Waals surface area contributed by atoms with Gasteiger partial charge in [0.25, 0.3) is 5.56 Å². The van der Waals surface area contributed by atoms with Gasteiger partial charge in [-0.05, 0) is 31.0 Å². The second kappa shape index (κ2) is 5.80. The van der Waals surface area contributed by atoms with E-state index in [-0.39, 0.29) is 19.0 Å². The molecule has 0 unspecified atom stereocenters. The molecule has 132 valence electrons. The molecular weight excluding hydrogens is 358 g/mol. The summed E-state index contributed by atoms with van der Waals surface area (Å²) in [6, 6.07) is 6.18. The molecule has 1 saturated carbocycles. The molecule has 0 spiro atoms. The molecule has 1 aliphatic heterocycles. The number of hydrogen-bond acceptors (Lipinski definition) is 8. The maximum Gasteiger partial charge on any atom is 0.338 e. The molecule has 1 fully saturated rings. The van der Waals surface area contributed by atoms with Crippen molar-refractivity contribution in [1.29, 1.82) is 0 Å². The number of esters is 1. The highest BCUT2D eigenvalue weighted by Gasteiger charge is 2.28. The summed E-state index contributed by atoms with van der Waals surface area (Å²) in [5.41, 5.74) is 0.475. The van der Waals surface area contributed by atoms with Crippen molar-refractivity contribution in [2.75, 3.05) is 6.79 Å². The molecule has 5 rings (SSSR count). The van der Waals surface area contributed by atoms with E-state index in [0.717, 1.165) is 17.8 Å². The molecule has 0 N–H and O–H groups in total. The van der Waals surface area contributed by atoms with E-state index in [1.54, 1.807) is 18.2 Å². The summed E-state index contributed by atoms with van der Waals surface area (Å²) in [7, 11) is 0. The normalized spacial score (nSPS) is 15.4. The Morgan fingerprint density at radius 3 is 2.96 bits per heavy atom. The van der Waals surface area contributed by atoms with Crippen LogP contribution in [0.5, 0.6) is 11.5 Å². The molecule has 0 atom stereocenters. The lowest BCUT2D eigenvalue weighted by Crippen LogP contribution is -2.16. The summed E-state index contributed by atoms with van der Waals surface area (Å²) in [5, 5.41) is 5.25. The summed E-state index contributed by atoms with van der Waals surface area (Å²) in [5.74, 6) is 1.04. The predicted octanol–water partition coefficient (Wildman–Crippen LogP) is 2.11. The minimum atomic E-state index is -0.520. The largest absolute Gasteiger partial charge is 0.456 e. The van der Waals surface area contributed by atoms with Crippen LogP contribution >= 0.6 is 11.3 Å². The highest BCUT2D eigenvalue weighted by Crippen LogP contribution is 2.41. The highest BCUT2D eigenvalue weighted by molar-refractivity contribution is 7.16. The zero-order chi connectivity index (χ0) is 17.7. The average molecular weight is 371 g/mol. The minimum absolute atomic E-state index is 0.0876. The first-order chi connectivity index (χ1) is 12.7. The zero-order valence-corrected chi connectivity index (χ0v) is 14.3. The fourth-order valence-corrected chi connectivity index (χ4v) is 3.78. The van der Waals surface area contributed by atoms with Gasteiger partial charge in [0.15, 0.2) is 11.5 Å². The highest BCUT2D eigenvalue weighted by atomic mass is 32.1. The summed E-state index contributed by atoms with van der Waals surface area (Å²) in [6.45, 7) is 0.0507. The fraction of sp³-hybridized carbons (Fsp3) is 0.294. The van der Waals surface area contributed by atoms with E-state index in [1.807, 2.05) is 0 Å². The molecule has 2 aromatic heterocycles. The molecule has 1 aliphatic carbocycles. The van der Waals surface area contributed by atoms with Crippen molar-refractivity contribution in [3.05, 3.63) is 50.9 Å². The maximum absolute atomic E-state index is 12.2. The van der Waals surface area contributed by atoms with Crippen LogP contribution in [-0.2, 0) is 11.3 Å². The van der Waals surface area contributed by atoms with Gasteiger partial charge in [-0.25, -0.2) is 9.78 Å². The number of rotatable bonds is 4. The van der Waals surface area contributed by atoms with Gasteiger partial charge >= 0.3 is 5.97 Å². The van der Waals surface area contributed by atoms with Gasteiger partial charge in [0, 0.05) is 12.0 Å². The fourth-order valence-electron chi connectivity index (χ4n) is 2.69. The van der Waals surface area contributed by atoms with Crippen LogP contribution in [0.1, 0.15) is 39.8 Å². The SMILES string of the molecule is O=C(OCc1cc(=O)n2nc(C3CC3)sc2n1)c1ccc2c(c1)OCO2. The van der Waals surface area contributed by atoms with Crippen molar-refractivity contribution in [3.63, 3.8) is 0 Å². The van der Waals surface area contributed by atoms with E-state index in [0.29, 0.717) is 33.6 Å². The second-order valence-corrected chi connectivity index (χ2v) is 7.13. The number of benzene rings is 1. The van der Waals surface area contributed by atoms with E-state index < -0.39 is 5.97 Å². The third kappa shape index (κ3) is 2.70. The third-order valence-electron chi connectivity index (χ3n) is 4.20. The zero-order valence-electron chi connectivity index (χ0n) is 13.5. The van der Waals surface area contributed by atoms with Crippen LogP contribution in [0.25, 0.3) is 4.96 Å². The molecule has 0 amide bonds. The summed E-state index contributed by atoms with van der Waals surface area (Å²) in [4.78, 5) is 29.3. The number of carbonyl (C=O) groups excluding carboxylic acids is 1. The van der Waals surface area contributed by atoms with E-state index in [2.05, 4.69) is 10.1 Å². The first-order valence-corrected chi connectivity index (χ1v) is 8.95. The van der Waals surface area contributed by atoms with Crippen LogP contribution in [0.4, 0.5) is 0 Å². The molecule has 2 aliphatic rings.